The predicted octanol–water partition coefficient (Wildman–Crippen LogP) is 2.30. The lowest BCUT2D eigenvalue weighted by Gasteiger charge is -2.15. The number of benzene rings is 1. The van der Waals surface area contributed by atoms with Crippen molar-refractivity contribution in [2.24, 2.45) is 0 Å². The number of methoxy groups -OCH3 is 1. The van der Waals surface area contributed by atoms with Gasteiger partial charge in [-0.3, -0.25) is 4.79 Å². The maximum absolute atomic E-state index is 11.9. The summed E-state index contributed by atoms with van der Waals surface area (Å²) in [6.07, 6.45) is 1.90. The maximum atomic E-state index is 11.9. The molecule has 0 spiro atoms. The van der Waals surface area contributed by atoms with E-state index in [-0.39, 0.29) is 12.8 Å². The standard InChI is InChI=1S/C16H22N2O6/c1-24-12-9-7-11(8-10-12)17-16(23)18-13(15(21)22)5-3-2-4-6-14(19)20/h7-10,13H,2-6H2,1H3,(H,19,20)(H,21,22)(H2,17,18,23)/t13-/m0/s1. The Balaban J connectivity index is 2.41. The topological polar surface area (TPSA) is 125 Å². The molecule has 0 bridgehead atoms. The van der Waals surface area contributed by atoms with Crippen molar-refractivity contribution in [2.45, 2.75) is 38.1 Å². The zero-order valence-corrected chi connectivity index (χ0v) is 13.4. The molecule has 1 rings (SSSR count). The fourth-order valence-corrected chi connectivity index (χ4v) is 2.06. The number of anilines is 1. The quantitative estimate of drug-likeness (QED) is 0.485. The minimum Gasteiger partial charge on any atom is -0.497 e. The van der Waals surface area contributed by atoms with Crippen molar-refractivity contribution in [3.63, 3.8) is 0 Å². The minimum atomic E-state index is -1.13. The van der Waals surface area contributed by atoms with E-state index in [1.165, 1.54) is 7.11 Å². The Kier molecular flexibility index (Phi) is 8.10. The number of carbonyl (C=O) groups excluding carboxylic acids is 1. The van der Waals surface area contributed by atoms with E-state index in [0.717, 1.165) is 0 Å². The summed E-state index contributed by atoms with van der Waals surface area (Å²) in [5.41, 5.74) is 0.513. The Morgan fingerprint density at radius 2 is 1.75 bits per heavy atom. The Morgan fingerprint density at radius 3 is 2.29 bits per heavy atom. The van der Waals surface area contributed by atoms with Crippen LogP contribution in [0.3, 0.4) is 0 Å². The van der Waals surface area contributed by atoms with Gasteiger partial charge < -0.3 is 25.6 Å². The first-order chi connectivity index (χ1) is 11.4. The van der Waals surface area contributed by atoms with Crippen molar-refractivity contribution >= 4 is 23.7 Å². The average Bonchev–Trinajstić information content (AvgIpc) is 2.53. The Morgan fingerprint density at radius 1 is 1.08 bits per heavy atom. The molecule has 8 heteroatoms. The van der Waals surface area contributed by atoms with Crippen molar-refractivity contribution in [3.8, 4) is 5.75 Å². The summed E-state index contributed by atoms with van der Waals surface area (Å²) in [7, 11) is 1.53. The second kappa shape index (κ2) is 10.1. The normalized spacial score (nSPS) is 11.4. The maximum Gasteiger partial charge on any atom is 0.326 e. The second-order valence-electron chi connectivity index (χ2n) is 5.21. The first-order valence-corrected chi connectivity index (χ1v) is 7.58. The van der Waals surface area contributed by atoms with Crippen LogP contribution in [0.4, 0.5) is 10.5 Å². The van der Waals surface area contributed by atoms with E-state index in [4.69, 9.17) is 14.9 Å². The zero-order valence-electron chi connectivity index (χ0n) is 13.4. The van der Waals surface area contributed by atoms with Crippen LogP contribution in [-0.2, 0) is 9.59 Å². The van der Waals surface area contributed by atoms with Gasteiger partial charge in [-0.15, -0.1) is 0 Å². The highest BCUT2D eigenvalue weighted by Gasteiger charge is 2.19. The Labute approximate surface area is 139 Å². The van der Waals surface area contributed by atoms with Crippen molar-refractivity contribution < 1.29 is 29.3 Å². The largest absolute Gasteiger partial charge is 0.497 e. The first-order valence-electron chi connectivity index (χ1n) is 7.58. The van der Waals surface area contributed by atoms with Gasteiger partial charge >= 0.3 is 18.0 Å². The number of nitrogens with one attached hydrogen (secondary N) is 2. The van der Waals surface area contributed by atoms with Crippen LogP contribution in [-0.4, -0.2) is 41.3 Å². The lowest BCUT2D eigenvalue weighted by Crippen LogP contribution is -2.42. The molecule has 1 aromatic rings. The highest BCUT2D eigenvalue weighted by Crippen LogP contribution is 2.15. The molecule has 0 unspecified atom stereocenters. The molecule has 132 valence electrons. The van der Waals surface area contributed by atoms with Gasteiger partial charge in [0.1, 0.15) is 11.8 Å². The van der Waals surface area contributed by atoms with Gasteiger partial charge in [-0.1, -0.05) is 12.8 Å². The van der Waals surface area contributed by atoms with Crippen LogP contribution >= 0.6 is 0 Å². The third kappa shape index (κ3) is 7.48. The van der Waals surface area contributed by atoms with Crippen molar-refractivity contribution in [1.82, 2.24) is 5.32 Å². The monoisotopic (exact) mass is 338 g/mol. The number of urea groups is 1. The summed E-state index contributed by atoms with van der Waals surface area (Å²) in [6, 6.07) is 4.99. The predicted molar refractivity (Wildman–Crippen MR) is 87.3 cm³/mol. The molecule has 0 aromatic heterocycles. The number of amides is 2. The summed E-state index contributed by atoms with van der Waals surface area (Å²) < 4.78 is 5.01. The number of ether oxygens (including phenoxy) is 1. The summed E-state index contributed by atoms with van der Waals surface area (Å²) >= 11 is 0. The zero-order chi connectivity index (χ0) is 17.9. The lowest BCUT2D eigenvalue weighted by molar-refractivity contribution is -0.139. The van der Waals surface area contributed by atoms with Crippen LogP contribution in [0.15, 0.2) is 24.3 Å². The van der Waals surface area contributed by atoms with Crippen LogP contribution in [0.1, 0.15) is 32.1 Å². The Bertz CT molecular complexity index is 558. The number of carboxylic acid groups (broad SMARTS) is 2. The number of hydrogen-bond acceptors (Lipinski definition) is 4. The van der Waals surface area contributed by atoms with Gasteiger partial charge in [0.25, 0.3) is 0 Å². The van der Waals surface area contributed by atoms with Gasteiger partial charge in [0, 0.05) is 12.1 Å². The van der Waals surface area contributed by atoms with Gasteiger partial charge in [0.05, 0.1) is 7.11 Å². The van der Waals surface area contributed by atoms with Crippen molar-refractivity contribution in [1.29, 1.82) is 0 Å². The van der Waals surface area contributed by atoms with E-state index in [1.807, 2.05) is 0 Å². The van der Waals surface area contributed by atoms with E-state index in [1.54, 1.807) is 24.3 Å². The highest BCUT2D eigenvalue weighted by molar-refractivity contribution is 5.92. The van der Waals surface area contributed by atoms with Crippen molar-refractivity contribution in [2.75, 3.05) is 12.4 Å². The van der Waals surface area contributed by atoms with Gasteiger partial charge in [-0.05, 0) is 37.1 Å². The third-order valence-electron chi connectivity index (χ3n) is 3.33. The van der Waals surface area contributed by atoms with Gasteiger partial charge in [0.15, 0.2) is 0 Å². The molecule has 1 atom stereocenters. The molecule has 0 heterocycles. The number of carboxylic acids is 2. The fraction of sp³-hybridized carbons (Fsp3) is 0.438. The number of hydrogen-bond donors (Lipinski definition) is 4. The van der Waals surface area contributed by atoms with E-state index in [2.05, 4.69) is 10.6 Å². The van der Waals surface area contributed by atoms with E-state index >= 15 is 0 Å². The van der Waals surface area contributed by atoms with Gasteiger partial charge in [-0.2, -0.15) is 0 Å². The molecule has 2 amide bonds. The number of unbranched alkanes of at least 4 members (excludes halogenated alkanes) is 2. The summed E-state index contributed by atoms with van der Waals surface area (Å²) in [5, 5.41) is 22.6. The molecule has 0 aliphatic carbocycles. The van der Waals surface area contributed by atoms with E-state index < -0.39 is 24.0 Å². The molecular formula is C16H22N2O6. The second-order valence-corrected chi connectivity index (χ2v) is 5.21. The minimum absolute atomic E-state index is 0.0587. The fourth-order valence-electron chi connectivity index (χ4n) is 2.06. The van der Waals surface area contributed by atoms with E-state index in [0.29, 0.717) is 30.7 Å². The smallest absolute Gasteiger partial charge is 0.326 e. The molecule has 0 radical (unpaired) electrons. The molecule has 0 saturated carbocycles. The number of aliphatic carboxylic acids is 2. The van der Waals surface area contributed by atoms with E-state index in [9.17, 15) is 14.4 Å². The molecule has 0 fully saturated rings. The lowest BCUT2D eigenvalue weighted by atomic mass is 10.1. The summed E-state index contributed by atoms with van der Waals surface area (Å²) in [6.45, 7) is 0. The average molecular weight is 338 g/mol. The molecular weight excluding hydrogens is 316 g/mol. The van der Waals surface area contributed by atoms with Gasteiger partial charge in [0.2, 0.25) is 0 Å². The molecule has 8 nitrogen and oxygen atoms in total. The van der Waals surface area contributed by atoms with Gasteiger partial charge in [-0.25, -0.2) is 9.59 Å². The SMILES string of the molecule is COc1ccc(NC(=O)N[C@@H](CCCCCC(=O)O)C(=O)O)cc1. The number of carbonyl (C=O) groups is 3. The molecule has 4 N–H and O–H groups in total. The summed E-state index contributed by atoms with van der Waals surface area (Å²) in [4.78, 5) is 33.5. The van der Waals surface area contributed by atoms with Crippen molar-refractivity contribution in [3.05, 3.63) is 24.3 Å². The Hall–Kier alpha value is -2.77. The molecule has 0 saturated heterocycles. The van der Waals surface area contributed by atoms with Crippen LogP contribution in [0, 0.1) is 0 Å². The third-order valence-corrected chi connectivity index (χ3v) is 3.33. The number of rotatable bonds is 10. The molecule has 1 aromatic carbocycles. The van der Waals surface area contributed by atoms with Crippen LogP contribution in [0.5, 0.6) is 5.75 Å². The van der Waals surface area contributed by atoms with Crippen LogP contribution in [0.25, 0.3) is 0 Å². The van der Waals surface area contributed by atoms with Crippen LogP contribution < -0.4 is 15.4 Å². The molecule has 24 heavy (non-hydrogen) atoms. The first kappa shape index (κ1) is 19.3. The molecule has 0 aliphatic rings. The highest BCUT2D eigenvalue weighted by atomic mass is 16.5. The van der Waals surface area contributed by atoms with Crippen LogP contribution in [0.2, 0.25) is 0 Å². The summed E-state index contributed by atoms with van der Waals surface area (Å²) in [5.74, 6) is -1.36. The molecule has 0 aliphatic heterocycles.